The fourth-order valence-corrected chi connectivity index (χ4v) is 2.66. The molecule has 2 aromatic rings. The molecule has 7 heteroatoms. The van der Waals surface area contributed by atoms with Crippen LogP contribution >= 0.6 is 0 Å². The number of rotatable bonds is 9. The van der Waals surface area contributed by atoms with Crippen LogP contribution in [-0.4, -0.2) is 50.3 Å². The number of nitrogens with zero attached hydrogens (tertiary/aromatic N) is 1. The molecule has 150 valence electrons. The van der Waals surface area contributed by atoms with Gasteiger partial charge < -0.3 is 25.8 Å². The van der Waals surface area contributed by atoms with Gasteiger partial charge in [0.25, 0.3) is 5.91 Å². The zero-order chi connectivity index (χ0) is 20.2. The molecule has 0 aliphatic rings. The molecular formula is C21H28N4O3. The summed E-state index contributed by atoms with van der Waals surface area (Å²) in [4.78, 5) is 16.6. The molecule has 0 unspecified atom stereocenters. The largest absolute Gasteiger partial charge is 0.507 e. The van der Waals surface area contributed by atoms with Crippen molar-refractivity contribution in [3.8, 4) is 11.5 Å². The zero-order valence-corrected chi connectivity index (χ0v) is 16.4. The highest BCUT2D eigenvalue weighted by atomic mass is 16.5. The molecule has 2 aromatic carbocycles. The number of carbonyl (C=O) groups excluding carboxylic acids is 1. The van der Waals surface area contributed by atoms with Crippen LogP contribution in [0.25, 0.3) is 0 Å². The molecule has 7 nitrogen and oxygen atoms in total. The van der Waals surface area contributed by atoms with E-state index in [9.17, 15) is 9.90 Å². The van der Waals surface area contributed by atoms with Crippen molar-refractivity contribution in [2.75, 3.05) is 33.3 Å². The second-order valence-electron chi connectivity index (χ2n) is 6.02. The quantitative estimate of drug-likeness (QED) is 0.301. The normalized spacial score (nSPS) is 11.0. The van der Waals surface area contributed by atoms with Gasteiger partial charge in [0.05, 0.1) is 12.7 Å². The predicted molar refractivity (Wildman–Crippen MR) is 111 cm³/mol. The topological polar surface area (TPSA) is 95.0 Å². The first kappa shape index (κ1) is 21.1. The molecule has 0 heterocycles. The Morgan fingerprint density at radius 3 is 2.50 bits per heavy atom. The van der Waals surface area contributed by atoms with E-state index in [2.05, 4.69) is 20.9 Å². The number of nitrogens with one attached hydrogen (secondary N) is 3. The van der Waals surface area contributed by atoms with E-state index in [4.69, 9.17) is 4.74 Å². The molecule has 0 bridgehead atoms. The van der Waals surface area contributed by atoms with Crippen LogP contribution in [0.4, 0.5) is 0 Å². The second kappa shape index (κ2) is 11.5. The van der Waals surface area contributed by atoms with Crippen LogP contribution in [0.1, 0.15) is 22.8 Å². The maximum Gasteiger partial charge on any atom is 0.255 e. The Labute approximate surface area is 165 Å². The lowest BCUT2D eigenvalue weighted by Gasteiger charge is -2.12. The van der Waals surface area contributed by atoms with E-state index >= 15 is 0 Å². The lowest BCUT2D eigenvalue weighted by Crippen LogP contribution is -2.41. The molecule has 1 amide bonds. The van der Waals surface area contributed by atoms with Crippen molar-refractivity contribution in [2.24, 2.45) is 4.99 Å². The number of carbonyl (C=O) groups is 1. The molecule has 0 saturated heterocycles. The minimum atomic E-state index is -0.307. The van der Waals surface area contributed by atoms with Gasteiger partial charge in [0.2, 0.25) is 0 Å². The van der Waals surface area contributed by atoms with Crippen LogP contribution in [0.5, 0.6) is 11.5 Å². The van der Waals surface area contributed by atoms with Crippen molar-refractivity contribution in [2.45, 2.75) is 13.3 Å². The number of amides is 1. The van der Waals surface area contributed by atoms with Crippen molar-refractivity contribution >= 4 is 11.9 Å². The van der Waals surface area contributed by atoms with Crippen LogP contribution in [0, 0.1) is 0 Å². The SMILES string of the molecule is CCNC(=NCCc1ccccc1OC)NCCNC(=O)c1ccccc1O. The van der Waals surface area contributed by atoms with Gasteiger partial charge in [-0.1, -0.05) is 30.3 Å². The van der Waals surface area contributed by atoms with E-state index in [1.165, 1.54) is 6.07 Å². The van der Waals surface area contributed by atoms with Gasteiger partial charge in [0, 0.05) is 26.2 Å². The molecule has 0 radical (unpaired) electrons. The Morgan fingerprint density at radius 1 is 1.04 bits per heavy atom. The van der Waals surface area contributed by atoms with Crippen molar-refractivity contribution in [1.29, 1.82) is 0 Å². The molecule has 0 aliphatic heterocycles. The molecule has 28 heavy (non-hydrogen) atoms. The van der Waals surface area contributed by atoms with E-state index in [0.29, 0.717) is 25.6 Å². The van der Waals surface area contributed by atoms with Crippen LogP contribution in [0.15, 0.2) is 53.5 Å². The average molecular weight is 384 g/mol. The fraction of sp³-hybridized carbons (Fsp3) is 0.333. The van der Waals surface area contributed by atoms with Gasteiger partial charge in [-0.05, 0) is 37.1 Å². The number of hydrogen-bond acceptors (Lipinski definition) is 4. The first-order valence-electron chi connectivity index (χ1n) is 9.36. The molecule has 4 N–H and O–H groups in total. The summed E-state index contributed by atoms with van der Waals surface area (Å²) < 4.78 is 5.36. The minimum Gasteiger partial charge on any atom is -0.507 e. The fourth-order valence-electron chi connectivity index (χ4n) is 2.66. The molecule has 2 rings (SSSR count). The summed E-state index contributed by atoms with van der Waals surface area (Å²) in [6.07, 6.45) is 0.768. The Hall–Kier alpha value is -3.22. The number of ether oxygens (including phenoxy) is 1. The van der Waals surface area contributed by atoms with Crippen molar-refractivity contribution < 1.29 is 14.6 Å². The number of benzene rings is 2. The number of aromatic hydroxyl groups is 1. The number of guanidine groups is 1. The summed E-state index contributed by atoms with van der Waals surface area (Å²) in [5.74, 6) is 1.22. The average Bonchev–Trinajstić information content (AvgIpc) is 2.71. The summed E-state index contributed by atoms with van der Waals surface area (Å²) in [5.41, 5.74) is 1.37. The molecular weight excluding hydrogens is 356 g/mol. The van der Waals surface area contributed by atoms with E-state index in [1.54, 1.807) is 25.3 Å². The molecule has 0 aromatic heterocycles. The van der Waals surface area contributed by atoms with Crippen LogP contribution in [-0.2, 0) is 6.42 Å². The van der Waals surface area contributed by atoms with Crippen LogP contribution in [0.2, 0.25) is 0 Å². The Morgan fingerprint density at radius 2 is 1.75 bits per heavy atom. The van der Waals surface area contributed by atoms with Gasteiger partial charge in [0.1, 0.15) is 11.5 Å². The smallest absolute Gasteiger partial charge is 0.255 e. The van der Waals surface area contributed by atoms with Gasteiger partial charge >= 0.3 is 0 Å². The number of aliphatic imine (C=N–C) groups is 1. The second-order valence-corrected chi connectivity index (χ2v) is 6.02. The maximum absolute atomic E-state index is 12.1. The molecule has 0 aliphatic carbocycles. The summed E-state index contributed by atoms with van der Waals surface area (Å²) in [7, 11) is 1.66. The lowest BCUT2D eigenvalue weighted by atomic mass is 10.1. The van der Waals surface area contributed by atoms with Crippen LogP contribution < -0.4 is 20.7 Å². The first-order chi connectivity index (χ1) is 13.7. The van der Waals surface area contributed by atoms with E-state index in [1.807, 2.05) is 31.2 Å². The van der Waals surface area contributed by atoms with Gasteiger partial charge in [-0.3, -0.25) is 9.79 Å². The monoisotopic (exact) mass is 384 g/mol. The molecule has 0 spiro atoms. The number of hydrogen-bond donors (Lipinski definition) is 4. The van der Waals surface area contributed by atoms with Crippen LogP contribution in [0.3, 0.4) is 0 Å². The summed E-state index contributed by atoms with van der Waals surface area (Å²) >= 11 is 0. The highest BCUT2D eigenvalue weighted by molar-refractivity contribution is 5.96. The summed E-state index contributed by atoms with van der Waals surface area (Å²) in [5, 5.41) is 18.9. The number of para-hydroxylation sites is 2. The third-order valence-electron chi connectivity index (χ3n) is 4.04. The highest BCUT2D eigenvalue weighted by Crippen LogP contribution is 2.17. The number of methoxy groups -OCH3 is 1. The Kier molecular flexibility index (Phi) is 8.65. The van der Waals surface area contributed by atoms with Gasteiger partial charge in [0.15, 0.2) is 5.96 Å². The maximum atomic E-state index is 12.1. The van der Waals surface area contributed by atoms with E-state index < -0.39 is 0 Å². The number of phenols is 1. The first-order valence-corrected chi connectivity index (χ1v) is 9.36. The van der Waals surface area contributed by atoms with Gasteiger partial charge in [-0.25, -0.2) is 0 Å². The predicted octanol–water partition coefficient (Wildman–Crippen LogP) is 1.93. The zero-order valence-electron chi connectivity index (χ0n) is 16.4. The molecule has 0 saturated carbocycles. The highest BCUT2D eigenvalue weighted by Gasteiger charge is 2.09. The van der Waals surface area contributed by atoms with Crippen molar-refractivity contribution in [3.05, 3.63) is 59.7 Å². The third kappa shape index (κ3) is 6.50. The van der Waals surface area contributed by atoms with E-state index in [0.717, 1.165) is 24.3 Å². The standard InChI is InChI=1S/C21H28N4O3/c1-3-22-21(24-13-12-16-8-4-7-11-19(16)28-2)25-15-14-23-20(27)17-9-5-6-10-18(17)26/h4-11,26H,3,12-15H2,1-2H3,(H,23,27)(H2,22,24,25). The van der Waals surface area contributed by atoms with Gasteiger partial charge in [-0.2, -0.15) is 0 Å². The Bertz CT molecular complexity index is 793. The summed E-state index contributed by atoms with van der Waals surface area (Å²) in [6.45, 7) is 4.27. The summed E-state index contributed by atoms with van der Waals surface area (Å²) in [6, 6.07) is 14.4. The molecule has 0 fully saturated rings. The number of phenolic OH excluding ortho intramolecular Hbond substituents is 1. The lowest BCUT2D eigenvalue weighted by molar-refractivity contribution is 0.0951. The van der Waals surface area contributed by atoms with Crippen molar-refractivity contribution in [3.63, 3.8) is 0 Å². The van der Waals surface area contributed by atoms with E-state index in [-0.39, 0.29) is 17.2 Å². The third-order valence-corrected chi connectivity index (χ3v) is 4.04. The Balaban J connectivity index is 1.79. The minimum absolute atomic E-state index is 0.0285. The molecule has 0 atom stereocenters. The van der Waals surface area contributed by atoms with Gasteiger partial charge in [-0.15, -0.1) is 0 Å². The van der Waals surface area contributed by atoms with Crippen molar-refractivity contribution in [1.82, 2.24) is 16.0 Å².